The summed E-state index contributed by atoms with van der Waals surface area (Å²) in [6, 6.07) is 0. The van der Waals surface area contributed by atoms with Gasteiger partial charge in [0.2, 0.25) is 0 Å². The third kappa shape index (κ3) is 6820. The van der Waals surface area contributed by atoms with Gasteiger partial charge in [-0.1, -0.05) is 8.41 Å². The van der Waals surface area contributed by atoms with Crippen LogP contribution in [-0.2, 0) is 0 Å². The summed E-state index contributed by atoms with van der Waals surface area (Å²) in [7, 11) is 8.50. The molecule has 0 aliphatic carbocycles. The highest BCUT2D eigenvalue weighted by atomic mass is 15.2. The van der Waals surface area contributed by atoms with Gasteiger partial charge in [-0.05, 0) is 0 Å². The highest BCUT2D eigenvalue weighted by Crippen LogP contribution is 1.73. The minimum Gasteiger partial charge on any atom is -0.333 e. The molecular weight excluding hydrogens is 94.5 g/mol. The van der Waals surface area contributed by atoms with E-state index in [4.69, 9.17) is 0 Å². The van der Waals surface area contributed by atoms with Gasteiger partial charge in [0.25, 0.3) is 0 Å². The summed E-state index contributed by atoms with van der Waals surface area (Å²) in [5, 5.41) is 0. The van der Waals surface area contributed by atoms with Gasteiger partial charge in [0.15, 0.2) is 0 Å². The van der Waals surface area contributed by atoms with Gasteiger partial charge in [-0.2, -0.15) is 0 Å². The van der Waals surface area contributed by atoms with E-state index in [1.807, 2.05) is 0 Å². The van der Waals surface area contributed by atoms with Crippen molar-refractivity contribution in [3.05, 3.63) is 0 Å². The first-order chi connectivity index (χ1) is 2.00. The SMILES string of the molecule is B.B.C[N+](C)(C)C.[BH4-]. The molecule has 0 amide bonds. The first kappa shape index (κ1) is 24.2. The van der Waals surface area contributed by atoms with Gasteiger partial charge in [0.1, 0.15) is 0 Å². The van der Waals surface area contributed by atoms with Crippen LogP contribution < -0.4 is 0 Å². The van der Waals surface area contributed by atoms with Gasteiger partial charge < -0.3 is 4.48 Å². The Bertz CT molecular complexity index is 26.8. The van der Waals surface area contributed by atoms with Gasteiger partial charge in [-0.15, -0.1) is 0 Å². The zero-order chi connectivity index (χ0) is 4.50. The Morgan fingerprint density at radius 3 is 0.750 bits per heavy atom. The van der Waals surface area contributed by atoms with Crippen LogP contribution in [-0.4, -0.2) is 57.9 Å². The molecule has 4 heteroatoms. The molecule has 0 atom stereocenters. The van der Waals surface area contributed by atoms with Crippen LogP contribution in [0.3, 0.4) is 0 Å². The topological polar surface area (TPSA) is 0 Å². The maximum atomic E-state index is 2.12. The van der Waals surface area contributed by atoms with Crippen molar-refractivity contribution in [2.24, 2.45) is 0 Å². The van der Waals surface area contributed by atoms with Crippen molar-refractivity contribution in [3.8, 4) is 0 Å². The largest absolute Gasteiger partial charge is 0.333 e. The van der Waals surface area contributed by atoms with Crippen LogP contribution in [0, 0.1) is 0 Å². The smallest absolute Gasteiger partial charge is 0.0814 e. The second-order valence-corrected chi connectivity index (χ2v) is 2.68. The molecule has 0 bridgehead atoms. The Morgan fingerprint density at radius 1 is 0.750 bits per heavy atom. The predicted molar refractivity (Wildman–Crippen MR) is 55.2 cm³/mol. The molecule has 0 N–H and O–H groups in total. The first-order valence-corrected chi connectivity index (χ1v) is 1.79. The maximum Gasteiger partial charge on any atom is 0.0814 e. The standard InChI is InChI=1S/C4H12N.BH4.2BH3/c1-5(2,3)4;;;/h1-4H3;1H4;2*1H3/q+1;-1;;. The van der Waals surface area contributed by atoms with Crippen LogP contribution in [0.15, 0.2) is 0 Å². The molecule has 52 valence electrons. The fourth-order valence-corrected chi connectivity index (χ4v) is 0. The predicted octanol–water partition coefficient (Wildman–Crippen LogP) is -3.50. The quantitative estimate of drug-likeness (QED) is 0.228. The molecule has 0 aliphatic heterocycles. The van der Waals surface area contributed by atoms with Crippen molar-refractivity contribution in [1.29, 1.82) is 0 Å². The lowest BCUT2D eigenvalue weighted by molar-refractivity contribution is -0.849. The number of quaternary nitrogens is 1. The van der Waals surface area contributed by atoms with E-state index in [1.165, 1.54) is 0 Å². The maximum absolute atomic E-state index is 2.12. The molecule has 0 aromatic carbocycles. The number of hydrogen-bond donors (Lipinski definition) is 0. The summed E-state index contributed by atoms with van der Waals surface area (Å²) in [4.78, 5) is 0. The van der Waals surface area contributed by atoms with E-state index >= 15 is 0 Å². The van der Waals surface area contributed by atoms with Gasteiger partial charge in [-0.25, -0.2) is 0 Å². The lowest BCUT2D eigenvalue weighted by Crippen LogP contribution is -2.27. The van der Waals surface area contributed by atoms with Crippen LogP contribution >= 0.6 is 0 Å². The third-order valence-corrected chi connectivity index (χ3v) is 0. The normalized spacial score (nSPS) is 7.50. The van der Waals surface area contributed by atoms with E-state index in [0.29, 0.717) is 0 Å². The number of nitrogens with zero attached hydrogens (tertiary/aromatic N) is 1. The zero-order valence-electron chi connectivity index (χ0n) is 4.45. The van der Waals surface area contributed by atoms with Crippen molar-refractivity contribution in [3.63, 3.8) is 0 Å². The first-order valence-electron chi connectivity index (χ1n) is 1.79. The molecule has 0 aromatic heterocycles. The van der Waals surface area contributed by atoms with Crippen molar-refractivity contribution in [2.75, 3.05) is 28.2 Å². The van der Waals surface area contributed by atoms with Crippen LogP contribution in [0.5, 0.6) is 0 Å². The molecular formula is C4H22B3N. The lowest BCUT2D eigenvalue weighted by Gasteiger charge is -2.14. The van der Waals surface area contributed by atoms with Gasteiger partial charge in [0.05, 0.1) is 45.0 Å². The molecule has 0 aromatic rings. The van der Waals surface area contributed by atoms with Gasteiger partial charge >= 0.3 is 0 Å². The fourth-order valence-electron chi connectivity index (χ4n) is 0. The Balaban J connectivity index is -0.0000000267. The van der Waals surface area contributed by atoms with Crippen molar-refractivity contribution in [2.45, 2.75) is 0 Å². The average Bonchev–Trinajstić information content (AvgIpc) is 0.722. The summed E-state index contributed by atoms with van der Waals surface area (Å²) < 4.78 is 1.00. The highest BCUT2D eigenvalue weighted by Gasteiger charge is 1.88. The summed E-state index contributed by atoms with van der Waals surface area (Å²) in [6.45, 7) is 0. The fraction of sp³-hybridized carbons (Fsp3) is 1.00. The Labute approximate surface area is 58.8 Å². The molecule has 0 heterocycles. The lowest BCUT2D eigenvalue weighted by atomic mass is 10.8. The van der Waals surface area contributed by atoms with E-state index in [2.05, 4.69) is 28.2 Å². The van der Waals surface area contributed by atoms with Crippen molar-refractivity contribution >= 4 is 25.2 Å². The molecule has 0 spiro atoms. The third-order valence-electron chi connectivity index (χ3n) is 0. The second-order valence-electron chi connectivity index (χ2n) is 2.68. The number of rotatable bonds is 0. The molecule has 1 nitrogen and oxygen atoms in total. The van der Waals surface area contributed by atoms with E-state index in [-0.39, 0.29) is 25.2 Å². The molecule has 0 rings (SSSR count). The molecule has 0 aliphatic rings. The van der Waals surface area contributed by atoms with Crippen LogP contribution in [0.25, 0.3) is 0 Å². The van der Waals surface area contributed by atoms with E-state index in [0.717, 1.165) is 4.48 Å². The Hall–Kier alpha value is 0.155. The monoisotopic (exact) mass is 117 g/mol. The minimum absolute atomic E-state index is 0. The molecule has 0 fully saturated rings. The molecule has 0 saturated heterocycles. The summed E-state index contributed by atoms with van der Waals surface area (Å²) >= 11 is 0. The summed E-state index contributed by atoms with van der Waals surface area (Å²) in [6.07, 6.45) is 0. The van der Waals surface area contributed by atoms with Crippen molar-refractivity contribution < 1.29 is 4.48 Å². The van der Waals surface area contributed by atoms with E-state index < -0.39 is 0 Å². The minimum atomic E-state index is 0. The molecule has 0 saturated carbocycles. The van der Waals surface area contributed by atoms with E-state index in [9.17, 15) is 0 Å². The Morgan fingerprint density at radius 2 is 0.750 bits per heavy atom. The summed E-state index contributed by atoms with van der Waals surface area (Å²) in [5.74, 6) is 0. The van der Waals surface area contributed by atoms with Crippen LogP contribution in [0.2, 0.25) is 0 Å². The summed E-state index contributed by atoms with van der Waals surface area (Å²) in [5.41, 5.74) is 0. The van der Waals surface area contributed by atoms with Crippen molar-refractivity contribution in [1.82, 2.24) is 0 Å². The molecule has 0 unspecified atom stereocenters. The van der Waals surface area contributed by atoms with Crippen LogP contribution in [0.1, 0.15) is 0 Å². The van der Waals surface area contributed by atoms with E-state index in [1.54, 1.807) is 0 Å². The second kappa shape index (κ2) is 7.15. The zero-order valence-corrected chi connectivity index (χ0v) is 4.45. The van der Waals surface area contributed by atoms with Gasteiger partial charge in [-0.3, -0.25) is 0 Å². The molecule has 8 heavy (non-hydrogen) atoms. The average molecular weight is 117 g/mol. The Kier molecular flexibility index (Phi) is 21.6. The highest BCUT2D eigenvalue weighted by molar-refractivity contribution is 5.76. The van der Waals surface area contributed by atoms with Gasteiger partial charge in [0, 0.05) is 0 Å². The molecule has 0 radical (unpaired) electrons. The van der Waals surface area contributed by atoms with Crippen LogP contribution in [0.4, 0.5) is 0 Å². The number of hydrogen-bond acceptors (Lipinski definition) is 0.